The smallest absolute Gasteiger partial charge is 0.232 e. The Morgan fingerprint density at radius 3 is 2.27 bits per heavy atom. The van der Waals surface area contributed by atoms with E-state index in [-0.39, 0.29) is 0 Å². The van der Waals surface area contributed by atoms with Crippen molar-refractivity contribution in [3.05, 3.63) is 90.0 Å². The van der Waals surface area contributed by atoms with Crippen LogP contribution in [0.1, 0.15) is 17.5 Å². The van der Waals surface area contributed by atoms with E-state index in [9.17, 15) is 5.11 Å². The second kappa shape index (κ2) is 12.2. The molecule has 8 nitrogen and oxygen atoms in total. The molecule has 4 N–H and O–H groups in total. The molecule has 0 aliphatic carbocycles. The molecular weight excluding hydrogens is 462 g/mol. The highest BCUT2D eigenvalue weighted by molar-refractivity contribution is 5.67. The van der Waals surface area contributed by atoms with Gasteiger partial charge in [-0.2, -0.15) is 15.0 Å². The minimum atomic E-state index is 0.291. The number of phenols is 1. The molecule has 0 bridgehead atoms. The summed E-state index contributed by atoms with van der Waals surface area (Å²) in [5.74, 6) is 2.12. The summed E-state index contributed by atoms with van der Waals surface area (Å²) in [5, 5.41) is 19.7. The maximum Gasteiger partial charge on any atom is 0.232 e. The van der Waals surface area contributed by atoms with Crippen LogP contribution in [0.25, 0.3) is 11.1 Å². The summed E-state index contributed by atoms with van der Waals surface area (Å²) >= 11 is 0. The van der Waals surface area contributed by atoms with E-state index in [2.05, 4.69) is 74.4 Å². The Labute approximate surface area is 217 Å². The molecule has 0 spiro atoms. The molecule has 0 amide bonds. The van der Waals surface area contributed by atoms with Gasteiger partial charge in [0.15, 0.2) is 0 Å². The first kappa shape index (κ1) is 24.5. The summed E-state index contributed by atoms with van der Waals surface area (Å²) in [4.78, 5) is 16.4. The van der Waals surface area contributed by atoms with Crippen molar-refractivity contribution >= 4 is 17.8 Å². The standard InChI is InChI=1S/C29H33N7O/c37-25-14-12-22(13-15-25)7-6-16-31-27-33-28(35-29(34-27)36-19-17-30-18-20-36)32-21-24-10-4-5-11-26(24)23-8-2-1-3-9-23/h1-5,8-15,30,37H,6-7,16-21H2,(H2,31,32,33,34,35). The molecule has 2 heterocycles. The Bertz CT molecular complexity index is 1280. The van der Waals surface area contributed by atoms with Crippen LogP contribution in [0.2, 0.25) is 0 Å². The van der Waals surface area contributed by atoms with Crippen molar-refractivity contribution in [2.75, 3.05) is 48.3 Å². The van der Waals surface area contributed by atoms with E-state index in [4.69, 9.17) is 9.97 Å². The van der Waals surface area contributed by atoms with Crippen molar-refractivity contribution in [2.24, 2.45) is 0 Å². The summed E-state index contributed by atoms with van der Waals surface area (Å²) in [6.07, 6.45) is 1.83. The average molecular weight is 496 g/mol. The maximum absolute atomic E-state index is 9.48. The molecule has 3 aromatic carbocycles. The fourth-order valence-electron chi connectivity index (χ4n) is 4.43. The van der Waals surface area contributed by atoms with Gasteiger partial charge >= 0.3 is 0 Å². The highest BCUT2D eigenvalue weighted by Gasteiger charge is 2.16. The molecule has 8 heteroatoms. The summed E-state index contributed by atoms with van der Waals surface area (Å²) in [5.41, 5.74) is 4.75. The summed E-state index contributed by atoms with van der Waals surface area (Å²) in [6.45, 7) is 4.89. The predicted molar refractivity (Wildman–Crippen MR) is 149 cm³/mol. The van der Waals surface area contributed by atoms with E-state index in [1.54, 1.807) is 12.1 Å². The lowest BCUT2D eigenvalue weighted by Crippen LogP contribution is -2.44. The number of rotatable bonds is 10. The Hall–Kier alpha value is -4.17. The van der Waals surface area contributed by atoms with Gasteiger partial charge < -0.3 is 26.0 Å². The summed E-state index contributed by atoms with van der Waals surface area (Å²) < 4.78 is 0. The molecule has 1 aromatic heterocycles. The third kappa shape index (κ3) is 6.74. The van der Waals surface area contributed by atoms with Gasteiger partial charge in [0.2, 0.25) is 17.8 Å². The lowest BCUT2D eigenvalue weighted by atomic mass is 10.00. The SMILES string of the molecule is Oc1ccc(CCCNc2nc(NCc3ccccc3-c3ccccc3)nc(N3CCNCC3)n2)cc1. The van der Waals surface area contributed by atoms with Gasteiger partial charge in [-0.3, -0.25) is 0 Å². The van der Waals surface area contributed by atoms with Crippen molar-refractivity contribution in [3.63, 3.8) is 0 Å². The van der Waals surface area contributed by atoms with E-state index in [0.717, 1.165) is 45.6 Å². The van der Waals surface area contributed by atoms with Gasteiger partial charge in [-0.1, -0.05) is 66.7 Å². The lowest BCUT2D eigenvalue weighted by Gasteiger charge is -2.27. The number of aryl methyl sites for hydroxylation is 1. The maximum atomic E-state index is 9.48. The van der Waals surface area contributed by atoms with Crippen LogP contribution < -0.4 is 20.9 Å². The first-order valence-corrected chi connectivity index (χ1v) is 12.9. The molecule has 1 saturated heterocycles. The van der Waals surface area contributed by atoms with Crippen LogP contribution >= 0.6 is 0 Å². The van der Waals surface area contributed by atoms with Gasteiger partial charge in [0, 0.05) is 39.3 Å². The molecule has 1 aliphatic heterocycles. The van der Waals surface area contributed by atoms with E-state index >= 15 is 0 Å². The lowest BCUT2D eigenvalue weighted by molar-refractivity contribution is 0.475. The van der Waals surface area contributed by atoms with Gasteiger partial charge in [0.05, 0.1) is 0 Å². The number of benzene rings is 3. The first-order valence-electron chi connectivity index (χ1n) is 12.9. The molecule has 5 rings (SSSR count). The molecule has 0 radical (unpaired) electrons. The van der Waals surface area contributed by atoms with Crippen molar-refractivity contribution in [1.82, 2.24) is 20.3 Å². The van der Waals surface area contributed by atoms with E-state index in [1.165, 1.54) is 22.3 Å². The zero-order valence-electron chi connectivity index (χ0n) is 20.9. The number of phenolic OH excluding ortho intramolecular Hbond substituents is 1. The molecule has 37 heavy (non-hydrogen) atoms. The second-order valence-electron chi connectivity index (χ2n) is 9.09. The summed E-state index contributed by atoms with van der Waals surface area (Å²) in [7, 11) is 0. The number of nitrogens with zero attached hydrogens (tertiary/aromatic N) is 4. The molecule has 190 valence electrons. The highest BCUT2D eigenvalue weighted by atomic mass is 16.3. The molecule has 0 saturated carbocycles. The fourth-order valence-corrected chi connectivity index (χ4v) is 4.43. The van der Waals surface area contributed by atoms with Crippen molar-refractivity contribution in [2.45, 2.75) is 19.4 Å². The predicted octanol–water partition coefficient (Wildman–Crippen LogP) is 4.31. The van der Waals surface area contributed by atoms with Gasteiger partial charge in [0.1, 0.15) is 5.75 Å². The Balaban J connectivity index is 1.29. The number of hydrogen-bond donors (Lipinski definition) is 4. The Kier molecular flexibility index (Phi) is 8.07. The molecular formula is C29H33N7O. The fraction of sp³-hybridized carbons (Fsp3) is 0.276. The Morgan fingerprint density at radius 1 is 0.784 bits per heavy atom. The largest absolute Gasteiger partial charge is 0.508 e. The molecule has 0 atom stereocenters. The van der Waals surface area contributed by atoms with Gasteiger partial charge in [0.25, 0.3) is 0 Å². The van der Waals surface area contributed by atoms with Crippen LogP contribution in [0.15, 0.2) is 78.9 Å². The van der Waals surface area contributed by atoms with E-state index < -0.39 is 0 Å². The monoisotopic (exact) mass is 495 g/mol. The van der Waals surface area contributed by atoms with Crippen LogP contribution in [0.4, 0.5) is 17.8 Å². The molecule has 1 fully saturated rings. The molecule has 4 aromatic rings. The van der Waals surface area contributed by atoms with Gasteiger partial charge in [-0.25, -0.2) is 0 Å². The van der Waals surface area contributed by atoms with Crippen LogP contribution in [0.5, 0.6) is 5.75 Å². The Morgan fingerprint density at radius 2 is 1.49 bits per heavy atom. The molecule has 1 aliphatic rings. The number of anilines is 3. The topological polar surface area (TPSA) is 98.2 Å². The zero-order chi connectivity index (χ0) is 25.3. The normalized spacial score (nSPS) is 13.4. The van der Waals surface area contributed by atoms with Crippen molar-refractivity contribution in [1.29, 1.82) is 0 Å². The third-order valence-electron chi connectivity index (χ3n) is 6.42. The second-order valence-corrected chi connectivity index (χ2v) is 9.09. The van der Waals surface area contributed by atoms with E-state index in [1.807, 2.05) is 18.2 Å². The summed E-state index contributed by atoms with van der Waals surface area (Å²) in [6, 6.07) is 26.2. The van der Waals surface area contributed by atoms with E-state index in [0.29, 0.717) is 30.1 Å². The third-order valence-corrected chi connectivity index (χ3v) is 6.42. The average Bonchev–Trinajstić information content (AvgIpc) is 2.96. The quantitative estimate of drug-likeness (QED) is 0.242. The minimum Gasteiger partial charge on any atom is -0.508 e. The zero-order valence-corrected chi connectivity index (χ0v) is 20.9. The van der Waals surface area contributed by atoms with Crippen LogP contribution in [-0.2, 0) is 13.0 Å². The number of aromatic hydroxyl groups is 1. The number of hydrogen-bond acceptors (Lipinski definition) is 8. The number of piperazine rings is 1. The molecule has 0 unspecified atom stereocenters. The highest BCUT2D eigenvalue weighted by Crippen LogP contribution is 2.24. The number of aromatic nitrogens is 3. The van der Waals surface area contributed by atoms with Crippen LogP contribution in [0.3, 0.4) is 0 Å². The van der Waals surface area contributed by atoms with Crippen LogP contribution in [-0.4, -0.2) is 52.8 Å². The van der Waals surface area contributed by atoms with Crippen LogP contribution in [0, 0.1) is 0 Å². The van der Waals surface area contributed by atoms with Gasteiger partial charge in [-0.15, -0.1) is 0 Å². The van der Waals surface area contributed by atoms with Gasteiger partial charge in [-0.05, 0) is 47.2 Å². The van der Waals surface area contributed by atoms with Crippen molar-refractivity contribution < 1.29 is 5.11 Å². The minimum absolute atomic E-state index is 0.291. The first-order chi connectivity index (χ1) is 18.2. The number of nitrogens with one attached hydrogen (secondary N) is 3. The van der Waals surface area contributed by atoms with Crippen molar-refractivity contribution in [3.8, 4) is 16.9 Å².